The third-order valence-electron chi connectivity index (χ3n) is 14.3. The number of unbranched alkanes of at least 4 members (excludes halogenated alkanes) is 6. The summed E-state index contributed by atoms with van der Waals surface area (Å²) in [5.74, 6) is -1.53. The number of methoxy groups -OCH3 is 1. The second-order valence-corrected chi connectivity index (χ2v) is 19.3. The van der Waals surface area contributed by atoms with Crippen LogP contribution < -0.4 is 4.74 Å². The minimum absolute atomic E-state index is 0.118. The van der Waals surface area contributed by atoms with E-state index < -0.39 is 36.1 Å². The van der Waals surface area contributed by atoms with Gasteiger partial charge in [0.25, 0.3) is 0 Å². The first kappa shape index (κ1) is 43.9. The maximum atomic E-state index is 13.3. The van der Waals surface area contributed by atoms with E-state index in [4.69, 9.17) is 14.2 Å². The summed E-state index contributed by atoms with van der Waals surface area (Å²) >= 11 is -1.37. The maximum Gasteiger partial charge on any atom is 0.453 e. The van der Waals surface area contributed by atoms with Gasteiger partial charge < -0.3 is 23.7 Å². The summed E-state index contributed by atoms with van der Waals surface area (Å²) < 4.78 is 93.0. The molecule has 7 nitrogen and oxygen atoms in total. The SMILES string of the molecule is CO[C@H]1CC[C@H]2[C@@H]3[C@H](CCCCCCCCC[S+]([O-])CCCC(F)(F)C(F)(F)F)Cc4cc(OC(=O)N5CCC(N6CCOCC6)CC5)ccc4[C@H]3CC[C@]12C. The van der Waals surface area contributed by atoms with E-state index in [-0.39, 0.29) is 17.3 Å². The van der Waals surface area contributed by atoms with Crippen LogP contribution in [0.4, 0.5) is 26.7 Å². The Morgan fingerprint density at radius 3 is 2.29 bits per heavy atom. The lowest BCUT2D eigenvalue weighted by molar-refractivity contribution is -0.284. The number of piperidine rings is 1. The van der Waals surface area contributed by atoms with E-state index in [1.807, 2.05) is 18.1 Å². The third-order valence-corrected chi connectivity index (χ3v) is 15.8. The Hall–Kier alpha value is -1.67. The van der Waals surface area contributed by atoms with Gasteiger partial charge in [-0.3, -0.25) is 4.90 Å². The van der Waals surface area contributed by atoms with Crippen molar-refractivity contribution in [1.29, 1.82) is 0 Å². The summed E-state index contributed by atoms with van der Waals surface area (Å²) in [7, 11) is 1.87. The molecule has 0 N–H and O–H groups in total. The number of nitrogens with zero attached hydrogens (tertiary/aromatic N) is 2. The Kier molecular flexibility index (Phi) is 15.4. The summed E-state index contributed by atoms with van der Waals surface area (Å²) in [6.07, 6.45) is 8.61. The number of halogens is 5. The average molecular weight is 817 g/mol. The number of morpholine rings is 1. The van der Waals surface area contributed by atoms with Gasteiger partial charge in [-0.25, -0.2) is 4.79 Å². The molecule has 56 heavy (non-hydrogen) atoms. The molecule has 1 amide bonds. The number of fused-ring (bicyclic) bond motifs is 5. The quantitative estimate of drug-likeness (QED) is 0.0886. The third kappa shape index (κ3) is 10.5. The Labute approximate surface area is 334 Å². The normalized spacial score (nSPS) is 29.4. The van der Waals surface area contributed by atoms with Gasteiger partial charge in [0.05, 0.1) is 19.3 Å². The van der Waals surface area contributed by atoms with E-state index in [0.29, 0.717) is 66.8 Å². The lowest BCUT2D eigenvalue weighted by Gasteiger charge is -2.53. The van der Waals surface area contributed by atoms with Gasteiger partial charge in [-0.05, 0) is 123 Å². The van der Waals surface area contributed by atoms with Gasteiger partial charge in [0.2, 0.25) is 0 Å². The van der Waals surface area contributed by atoms with Gasteiger partial charge in [-0.15, -0.1) is 0 Å². The topological polar surface area (TPSA) is 74.3 Å². The molecule has 1 aromatic carbocycles. The van der Waals surface area contributed by atoms with Gasteiger partial charge >= 0.3 is 18.2 Å². The van der Waals surface area contributed by atoms with Crippen LogP contribution >= 0.6 is 0 Å². The van der Waals surface area contributed by atoms with E-state index in [1.54, 1.807) is 0 Å². The fourth-order valence-electron chi connectivity index (χ4n) is 11.2. The molecule has 7 atom stereocenters. The predicted molar refractivity (Wildman–Crippen MR) is 209 cm³/mol. The van der Waals surface area contributed by atoms with Gasteiger partial charge in [0.15, 0.2) is 0 Å². The molecule has 3 aliphatic carbocycles. The molecule has 318 valence electrons. The summed E-state index contributed by atoms with van der Waals surface area (Å²) in [5.41, 5.74) is 2.98. The minimum Gasteiger partial charge on any atom is -0.616 e. The summed E-state index contributed by atoms with van der Waals surface area (Å²) in [4.78, 5) is 17.7. The molecule has 0 aromatic heterocycles. The van der Waals surface area contributed by atoms with Crippen LogP contribution in [0.15, 0.2) is 18.2 Å². The zero-order valence-corrected chi connectivity index (χ0v) is 34.4. The number of hydrogen-bond donors (Lipinski definition) is 0. The monoisotopic (exact) mass is 816 g/mol. The molecule has 0 bridgehead atoms. The van der Waals surface area contributed by atoms with Crippen LogP contribution in [0.3, 0.4) is 0 Å². The van der Waals surface area contributed by atoms with E-state index in [9.17, 15) is 31.3 Å². The highest BCUT2D eigenvalue weighted by atomic mass is 32.2. The van der Waals surface area contributed by atoms with Crippen LogP contribution in [0.25, 0.3) is 0 Å². The first-order valence-electron chi connectivity index (χ1n) is 21.5. The molecule has 2 saturated heterocycles. The van der Waals surface area contributed by atoms with Crippen molar-refractivity contribution in [2.45, 2.75) is 146 Å². The zero-order chi connectivity index (χ0) is 39.9. The van der Waals surface area contributed by atoms with Crippen LogP contribution in [-0.2, 0) is 27.1 Å². The first-order chi connectivity index (χ1) is 26.8. The number of amides is 1. The van der Waals surface area contributed by atoms with Crippen LogP contribution in [0.2, 0.25) is 0 Å². The number of hydrogen-bond acceptors (Lipinski definition) is 6. The number of carbonyl (C=O) groups excluding carboxylic acids is 1. The molecule has 0 spiro atoms. The molecule has 0 radical (unpaired) electrons. The number of alkyl halides is 5. The van der Waals surface area contributed by atoms with Crippen molar-refractivity contribution in [2.24, 2.45) is 23.2 Å². The number of benzene rings is 1. The van der Waals surface area contributed by atoms with Crippen LogP contribution in [0.1, 0.15) is 127 Å². The predicted octanol–water partition coefficient (Wildman–Crippen LogP) is 9.93. The van der Waals surface area contributed by atoms with Crippen molar-refractivity contribution in [3.8, 4) is 5.75 Å². The summed E-state index contributed by atoms with van der Waals surface area (Å²) in [5, 5.41) is 0. The van der Waals surface area contributed by atoms with Crippen molar-refractivity contribution < 1.29 is 45.5 Å². The summed E-state index contributed by atoms with van der Waals surface area (Å²) in [6, 6.07) is 6.93. The van der Waals surface area contributed by atoms with Gasteiger partial charge in [-0.1, -0.05) is 56.3 Å². The first-order valence-corrected chi connectivity index (χ1v) is 23.0. The molecule has 6 rings (SSSR count). The zero-order valence-electron chi connectivity index (χ0n) is 33.6. The minimum atomic E-state index is -5.55. The second-order valence-electron chi connectivity index (χ2n) is 17.6. The Bertz CT molecular complexity index is 1410. The highest BCUT2D eigenvalue weighted by Crippen LogP contribution is 2.63. The van der Waals surface area contributed by atoms with Crippen LogP contribution in [0.5, 0.6) is 5.75 Å². The maximum absolute atomic E-state index is 13.3. The number of likely N-dealkylation sites (tertiary alicyclic amines) is 1. The van der Waals surface area contributed by atoms with E-state index >= 15 is 0 Å². The highest BCUT2D eigenvalue weighted by Gasteiger charge is 2.58. The van der Waals surface area contributed by atoms with Gasteiger partial charge in [0, 0.05) is 45.8 Å². The van der Waals surface area contributed by atoms with E-state index in [2.05, 4.69) is 24.0 Å². The number of rotatable bonds is 17. The van der Waals surface area contributed by atoms with Crippen molar-refractivity contribution in [3.63, 3.8) is 0 Å². The molecule has 2 heterocycles. The van der Waals surface area contributed by atoms with E-state index in [0.717, 1.165) is 96.9 Å². The molecule has 2 aliphatic heterocycles. The van der Waals surface area contributed by atoms with Crippen molar-refractivity contribution in [2.75, 3.05) is 58.0 Å². The molecule has 5 aliphatic rings. The lowest BCUT2D eigenvalue weighted by atomic mass is 9.52. The summed E-state index contributed by atoms with van der Waals surface area (Å²) in [6.45, 7) is 7.39. The largest absolute Gasteiger partial charge is 0.616 e. The number of ether oxygens (including phenoxy) is 3. The van der Waals surface area contributed by atoms with Gasteiger partial charge in [-0.2, -0.15) is 22.0 Å². The molecule has 4 fully saturated rings. The second kappa shape index (κ2) is 19.6. The molecular formula is C43H65F5N2O5S. The fraction of sp³-hybridized carbons (Fsp3) is 0.837. The molecule has 1 unspecified atom stereocenters. The van der Waals surface area contributed by atoms with Crippen LogP contribution in [0, 0.1) is 23.2 Å². The Morgan fingerprint density at radius 2 is 1.59 bits per heavy atom. The molecule has 13 heteroatoms. The van der Waals surface area contributed by atoms with Crippen LogP contribution in [-0.4, -0.2) is 103 Å². The van der Waals surface area contributed by atoms with Gasteiger partial charge in [0.1, 0.15) is 17.3 Å². The van der Waals surface area contributed by atoms with E-state index in [1.165, 1.54) is 30.4 Å². The molecular weight excluding hydrogens is 752 g/mol. The standard InChI is InChI=1S/C43H65F5N2O5S/c1-41-20-16-36-35-13-12-34(55-40(51)50-21-17-33(18-22-50)49-23-25-54-26-24-49)30-32(35)29-31(39(36)37(41)14-15-38(41)53-2)11-8-6-4-3-5-7-9-27-56(52)28-10-19-42(44,45)43(46,47)48/h12-13,30-31,33,36-39H,3-11,14-29H2,1-2H3/t31-,36-,37+,38+,39-,41+,56?/m1/s1. The smallest absolute Gasteiger partial charge is 0.453 e. The van der Waals surface area contributed by atoms with Crippen molar-refractivity contribution in [3.05, 3.63) is 29.3 Å². The fourth-order valence-corrected chi connectivity index (χ4v) is 12.4. The average Bonchev–Trinajstić information content (AvgIpc) is 3.53. The Balaban J connectivity index is 0.971. The Morgan fingerprint density at radius 1 is 0.911 bits per heavy atom. The number of carbonyl (C=O) groups is 1. The lowest BCUT2D eigenvalue weighted by Crippen LogP contribution is -2.50. The molecule has 1 aromatic rings. The van der Waals surface area contributed by atoms with Crippen molar-refractivity contribution >= 4 is 17.3 Å². The highest BCUT2D eigenvalue weighted by molar-refractivity contribution is 7.91. The molecule has 2 saturated carbocycles. The van der Waals surface area contributed by atoms with Crippen molar-refractivity contribution in [1.82, 2.24) is 9.80 Å².